The highest BCUT2D eigenvalue weighted by Gasteiger charge is 2.23. The summed E-state index contributed by atoms with van der Waals surface area (Å²) in [5, 5.41) is 19.0. The molecule has 7 heteroatoms. The number of hydrogen-bond donors (Lipinski definition) is 0. The quantitative estimate of drug-likeness (QED) is 0.323. The van der Waals surface area contributed by atoms with Crippen LogP contribution in [0, 0.1) is 29.6 Å². The van der Waals surface area contributed by atoms with Crippen molar-refractivity contribution in [3.05, 3.63) is 56.3 Å². The SMILES string of the molecule is CCOC(=O)c1sc(CC(=O)/C(C#N)=C/c2ccc(N(CC)CC)cc2)c(C#N)c1C. The van der Waals surface area contributed by atoms with E-state index in [2.05, 4.69) is 24.8 Å². The van der Waals surface area contributed by atoms with Gasteiger partial charge in [-0.2, -0.15) is 10.5 Å². The number of benzene rings is 1. The van der Waals surface area contributed by atoms with Crippen molar-refractivity contribution in [1.82, 2.24) is 0 Å². The molecule has 31 heavy (non-hydrogen) atoms. The first kappa shape index (κ1) is 23.9. The van der Waals surface area contributed by atoms with Crippen LogP contribution in [0.3, 0.4) is 0 Å². The first-order chi connectivity index (χ1) is 14.9. The predicted octanol–water partition coefficient (Wildman–Crippen LogP) is 4.67. The minimum Gasteiger partial charge on any atom is -0.462 e. The number of thiophene rings is 1. The molecular weight excluding hydrogens is 410 g/mol. The molecule has 0 bridgehead atoms. The molecule has 0 saturated carbocycles. The molecule has 0 N–H and O–H groups in total. The number of Topliss-reactive ketones (excluding diaryl/α,β-unsaturated/α-hetero) is 1. The Kier molecular flexibility index (Phi) is 8.54. The molecule has 2 rings (SSSR count). The minimum atomic E-state index is -0.510. The topological polar surface area (TPSA) is 94.2 Å². The van der Waals surface area contributed by atoms with Crippen LogP contribution in [0.25, 0.3) is 6.08 Å². The predicted molar refractivity (Wildman–Crippen MR) is 122 cm³/mol. The van der Waals surface area contributed by atoms with Crippen molar-refractivity contribution in [2.75, 3.05) is 24.6 Å². The molecule has 0 saturated heterocycles. The highest BCUT2D eigenvalue weighted by molar-refractivity contribution is 7.14. The fraction of sp³-hybridized carbons (Fsp3) is 0.333. The summed E-state index contributed by atoms with van der Waals surface area (Å²) in [6.07, 6.45) is 1.43. The van der Waals surface area contributed by atoms with E-state index in [1.165, 1.54) is 0 Å². The van der Waals surface area contributed by atoms with Gasteiger partial charge < -0.3 is 9.64 Å². The molecule has 0 aliphatic rings. The molecule has 0 aliphatic carbocycles. The van der Waals surface area contributed by atoms with E-state index in [4.69, 9.17) is 4.74 Å². The van der Waals surface area contributed by atoms with E-state index in [1.807, 2.05) is 30.3 Å². The van der Waals surface area contributed by atoms with E-state index in [0.717, 1.165) is 35.7 Å². The van der Waals surface area contributed by atoms with Gasteiger partial charge in [-0.05, 0) is 57.0 Å². The van der Waals surface area contributed by atoms with Crippen molar-refractivity contribution in [2.45, 2.75) is 34.1 Å². The van der Waals surface area contributed by atoms with Gasteiger partial charge in [0.2, 0.25) is 0 Å². The van der Waals surface area contributed by atoms with Gasteiger partial charge in [0.1, 0.15) is 17.0 Å². The van der Waals surface area contributed by atoms with Crippen molar-refractivity contribution >= 4 is 34.9 Å². The van der Waals surface area contributed by atoms with Gasteiger partial charge in [-0.3, -0.25) is 4.79 Å². The lowest BCUT2D eigenvalue weighted by Crippen LogP contribution is -2.21. The average molecular weight is 436 g/mol. The first-order valence-electron chi connectivity index (χ1n) is 10.1. The van der Waals surface area contributed by atoms with Crippen LogP contribution in [0.5, 0.6) is 0 Å². The molecular formula is C24H25N3O3S. The number of ether oxygens (including phenoxy) is 1. The van der Waals surface area contributed by atoms with E-state index in [-0.39, 0.29) is 18.6 Å². The molecule has 0 aliphatic heterocycles. The Labute approximate surface area is 187 Å². The maximum Gasteiger partial charge on any atom is 0.348 e. The Bertz CT molecular complexity index is 1070. The van der Waals surface area contributed by atoms with E-state index in [1.54, 1.807) is 19.9 Å². The molecule has 2 aromatic rings. The van der Waals surface area contributed by atoms with Gasteiger partial charge in [0, 0.05) is 30.1 Å². The number of nitrogens with zero attached hydrogens (tertiary/aromatic N) is 3. The number of rotatable bonds is 9. The third-order valence-electron chi connectivity index (χ3n) is 4.87. The number of hydrogen-bond acceptors (Lipinski definition) is 7. The molecule has 0 amide bonds. The van der Waals surface area contributed by atoms with Crippen LogP contribution < -0.4 is 4.90 Å². The molecule has 0 spiro atoms. The van der Waals surface area contributed by atoms with Gasteiger partial charge in [-0.1, -0.05) is 12.1 Å². The van der Waals surface area contributed by atoms with Gasteiger partial charge in [0.25, 0.3) is 0 Å². The minimum absolute atomic E-state index is 0.00298. The summed E-state index contributed by atoms with van der Waals surface area (Å²) in [5.41, 5.74) is 2.62. The van der Waals surface area contributed by atoms with Crippen molar-refractivity contribution in [3.8, 4) is 12.1 Å². The molecule has 0 fully saturated rings. The van der Waals surface area contributed by atoms with Crippen molar-refractivity contribution in [2.24, 2.45) is 0 Å². The van der Waals surface area contributed by atoms with Gasteiger partial charge in [0.15, 0.2) is 5.78 Å². The third-order valence-corrected chi connectivity index (χ3v) is 6.14. The fourth-order valence-electron chi connectivity index (χ4n) is 3.19. The first-order valence-corrected chi connectivity index (χ1v) is 10.9. The van der Waals surface area contributed by atoms with E-state index < -0.39 is 11.8 Å². The fourth-order valence-corrected chi connectivity index (χ4v) is 4.34. The Morgan fingerprint density at radius 2 is 1.77 bits per heavy atom. The van der Waals surface area contributed by atoms with Crippen LogP contribution in [0.1, 0.15) is 52.0 Å². The van der Waals surface area contributed by atoms with Gasteiger partial charge in [-0.25, -0.2) is 4.79 Å². The lowest BCUT2D eigenvalue weighted by molar-refractivity contribution is -0.114. The largest absolute Gasteiger partial charge is 0.462 e. The number of carbonyl (C=O) groups is 2. The van der Waals surface area contributed by atoms with Gasteiger partial charge in [0.05, 0.1) is 17.7 Å². The summed E-state index contributed by atoms with van der Waals surface area (Å²) in [7, 11) is 0. The second-order valence-corrected chi connectivity index (χ2v) is 7.83. The summed E-state index contributed by atoms with van der Waals surface area (Å²) >= 11 is 1.07. The van der Waals surface area contributed by atoms with Gasteiger partial charge >= 0.3 is 5.97 Å². The molecule has 1 heterocycles. The number of nitriles is 2. The summed E-state index contributed by atoms with van der Waals surface area (Å²) in [6.45, 7) is 9.53. The molecule has 0 atom stereocenters. The van der Waals surface area contributed by atoms with E-state index in [9.17, 15) is 20.1 Å². The Hall–Kier alpha value is -3.42. The Morgan fingerprint density at radius 1 is 1.13 bits per heavy atom. The van der Waals surface area contributed by atoms with Crippen LogP contribution in [0.2, 0.25) is 0 Å². The lowest BCUT2D eigenvalue weighted by atomic mass is 10.0. The van der Waals surface area contributed by atoms with E-state index in [0.29, 0.717) is 20.9 Å². The monoisotopic (exact) mass is 435 g/mol. The normalized spacial score (nSPS) is 10.8. The lowest BCUT2D eigenvalue weighted by Gasteiger charge is -2.20. The summed E-state index contributed by atoms with van der Waals surface area (Å²) < 4.78 is 5.03. The summed E-state index contributed by atoms with van der Waals surface area (Å²) in [5.74, 6) is -0.909. The molecule has 0 radical (unpaired) electrons. The van der Waals surface area contributed by atoms with Crippen LogP contribution in [-0.2, 0) is 16.0 Å². The molecule has 160 valence electrons. The maximum absolute atomic E-state index is 12.8. The number of allylic oxidation sites excluding steroid dienone is 1. The second-order valence-electron chi connectivity index (χ2n) is 6.72. The van der Waals surface area contributed by atoms with Crippen molar-refractivity contribution in [1.29, 1.82) is 10.5 Å². The Balaban J connectivity index is 2.28. The second kappa shape index (κ2) is 11.1. The number of anilines is 1. The standard InChI is InChI=1S/C24H25N3O3S/c1-5-27(6-2)19-10-8-17(9-11-19)12-18(14-25)21(28)13-22-20(15-26)16(4)23(31-22)24(29)30-7-3/h8-12H,5-7,13H2,1-4H3/b18-12+. The van der Waals surface area contributed by atoms with Crippen LogP contribution >= 0.6 is 11.3 Å². The number of carbonyl (C=O) groups excluding carboxylic acids is 2. The average Bonchev–Trinajstić information content (AvgIpc) is 3.08. The van der Waals surface area contributed by atoms with Crippen LogP contribution in [0.4, 0.5) is 5.69 Å². The molecule has 1 aromatic carbocycles. The maximum atomic E-state index is 12.8. The summed E-state index contributed by atoms with van der Waals surface area (Å²) in [6, 6.07) is 11.7. The van der Waals surface area contributed by atoms with E-state index >= 15 is 0 Å². The Morgan fingerprint density at radius 3 is 2.29 bits per heavy atom. The highest BCUT2D eigenvalue weighted by atomic mass is 32.1. The summed E-state index contributed by atoms with van der Waals surface area (Å²) in [4.78, 5) is 27.9. The number of ketones is 1. The van der Waals surface area contributed by atoms with Crippen LogP contribution in [-0.4, -0.2) is 31.4 Å². The third kappa shape index (κ3) is 5.59. The molecule has 1 aromatic heterocycles. The van der Waals surface area contributed by atoms with Gasteiger partial charge in [-0.15, -0.1) is 11.3 Å². The van der Waals surface area contributed by atoms with Crippen molar-refractivity contribution < 1.29 is 14.3 Å². The molecule has 6 nitrogen and oxygen atoms in total. The highest BCUT2D eigenvalue weighted by Crippen LogP contribution is 2.29. The molecule has 0 unspecified atom stereocenters. The van der Waals surface area contributed by atoms with Crippen molar-refractivity contribution in [3.63, 3.8) is 0 Å². The zero-order chi connectivity index (χ0) is 23.0. The zero-order valence-corrected chi connectivity index (χ0v) is 19.0. The smallest absolute Gasteiger partial charge is 0.348 e. The zero-order valence-electron chi connectivity index (χ0n) is 18.2. The van der Waals surface area contributed by atoms with Crippen LogP contribution in [0.15, 0.2) is 29.8 Å². The number of esters is 1.